The maximum Gasteiger partial charge on any atom is 0.258 e. The second-order valence-corrected chi connectivity index (χ2v) is 8.23. The second kappa shape index (κ2) is 7.76. The van der Waals surface area contributed by atoms with Crippen molar-refractivity contribution < 1.29 is 14.0 Å². The summed E-state index contributed by atoms with van der Waals surface area (Å²) in [5.41, 5.74) is -0.0829. The number of rotatable bonds is 2. The SMILES string of the molecule is O=C(c1c(F)cccc1Cl)N1CCN(C(=O)C2CC3CCCCC3N2)CC1. The molecule has 7 heteroatoms. The lowest BCUT2D eigenvalue weighted by molar-refractivity contribution is -0.134. The summed E-state index contributed by atoms with van der Waals surface area (Å²) in [4.78, 5) is 28.9. The van der Waals surface area contributed by atoms with E-state index in [9.17, 15) is 14.0 Å². The summed E-state index contributed by atoms with van der Waals surface area (Å²) >= 11 is 6.01. The van der Waals surface area contributed by atoms with Crippen LogP contribution in [0.15, 0.2) is 18.2 Å². The van der Waals surface area contributed by atoms with E-state index in [1.165, 1.54) is 43.9 Å². The van der Waals surface area contributed by atoms with Gasteiger partial charge in [0.25, 0.3) is 5.91 Å². The van der Waals surface area contributed by atoms with Crippen LogP contribution in [0.5, 0.6) is 0 Å². The first-order valence-electron chi connectivity index (χ1n) is 9.82. The lowest BCUT2D eigenvalue weighted by Crippen LogP contribution is -2.54. The minimum Gasteiger partial charge on any atom is -0.338 e. The number of nitrogens with one attached hydrogen (secondary N) is 1. The molecule has 146 valence electrons. The molecule has 5 nitrogen and oxygen atoms in total. The van der Waals surface area contributed by atoms with Crippen molar-refractivity contribution in [3.05, 3.63) is 34.6 Å². The van der Waals surface area contributed by atoms with Gasteiger partial charge in [-0.15, -0.1) is 0 Å². The molecule has 3 aliphatic rings. The van der Waals surface area contributed by atoms with Gasteiger partial charge in [0.2, 0.25) is 5.91 Å². The molecule has 2 aliphatic heterocycles. The Morgan fingerprint density at radius 2 is 1.78 bits per heavy atom. The number of hydrogen-bond acceptors (Lipinski definition) is 3. The molecule has 2 saturated heterocycles. The van der Waals surface area contributed by atoms with Gasteiger partial charge < -0.3 is 15.1 Å². The Labute approximate surface area is 163 Å². The Kier molecular flexibility index (Phi) is 5.37. The molecule has 27 heavy (non-hydrogen) atoms. The molecule has 2 heterocycles. The first-order valence-corrected chi connectivity index (χ1v) is 10.2. The number of carbonyl (C=O) groups is 2. The molecule has 0 aromatic heterocycles. The highest BCUT2D eigenvalue weighted by Crippen LogP contribution is 2.33. The normalized spacial score (nSPS) is 28.1. The Morgan fingerprint density at radius 1 is 1.07 bits per heavy atom. The van der Waals surface area contributed by atoms with E-state index >= 15 is 0 Å². The maximum absolute atomic E-state index is 14.0. The number of carbonyl (C=O) groups excluding carboxylic acids is 2. The Bertz CT molecular complexity index is 702. The summed E-state index contributed by atoms with van der Waals surface area (Å²) in [6.45, 7) is 1.75. The Balaban J connectivity index is 1.35. The average Bonchev–Trinajstić information content (AvgIpc) is 3.11. The number of halogens is 2. The summed E-state index contributed by atoms with van der Waals surface area (Å²) in [6.07, 6.45) is 5.82. The van der Waals surface area contributed by atoms with Crippen molar-refractivity contribution in [1.82, 2.24) is 15.1 Å². The summed E-state index contributed by atoms with van der Waals surface area (Å²) in [7, 11) is 0. The van der Waals surface area contributed by atoms with Crippen molar-refractivity contribution in [1.29, 1.82) is 0 Å². The third-order valence-electron chi connectivity index (χ3n) is 6.22. The van der Waals surface area contributed by atoms with Gasteiger partial charge >= 0.3 is 0 Å². The van der Waals surface area contributed by atoms with Crippen LogP contribution in [-0.4, -0.2) is 59.9 Å². The molecular formula is C20H25ClFN3O2. The zero-order chi connectivity index (χ0) is 19.0. The first-order chi connectivity index (χ1) is 13.0. The fourth-order valence-corrected chi connectivity index (χ4v) is 4.96. The highest BCUT2D eigenvalue weighted by atomic mass is 35.5. The van der Waals surface area contributed by atoms with Crippen LogP contribution in [-0.2, 0) is 4.79 Å². The van der Waals surface area contributed by atoms with Crippen LogP contribution in [0.2, 0.25) is 5.02 Å². The molecule has 0 spiro atoms. The van der Waals surface area contributed by atoms with E-state index in [1.807, 2.05) is 4.90 Å². The van der Waals surface area contributed by atoms with Crippen LogP contribution in [0.3, 0.4) is 0 Å². The highest BCUT2D eigenvalue weighted by molar-refractivity contribution is 6.33. The number of hydrogen-bond donors (Lipinski definition) is 1. The summed E-state index contributed by atoms with van der Waals surface area (Å²) in [6, 6.07) is 4.63. The van der Waals surface area contributed by atoms with Crippen LogP contribution in [0.4, 0.5) is 4.39 Å². The molecule has 3 atom stereocenters. The van der Waals surface area contributed by atoms with E-state index in [0.29, 0.717) is 38.1 Å². The van der Waals surface area contributed by atoms with Crippen LogP contribution in [0.1, 0.15) is 42.5 Å². The monoisotopic (exact) mass is 393 g/mol. The number of amides is 2. The fraction of sp³-hybridized carbons (Fsp3) is 0.600. The quantitative estimate of drug-likeness (QED) is 0.840. The summed E-state index contributed by atoms with van der Waals surface area (Å²) < 4.78 is 14.0. The van der Waals surface area contributed by atoms with Crippen LogP contribution in [0, 0.1) is 11.7 Å². The van der Waals surface area contributed by atoms with E-state index < -0.39 is 11.7 Å². The number of fused-ring (bicyclic) bond motifs is 1. The number of benzene rings is 1. The lowest BCUT2D eigenvalue weighted by atomic mass is 9.85. The van der Waals surface area contributed by atoms with E-state index in [2.05, 4.69) is 5.32 Å². The van der Waals surface area contributed by atoms with Gasteiger partial charge in [-0.05, 0) is 37.3 Å². The smallest absolute Gasteiger partial charge is 0.258 e. The molecule has 1 aromatic carbocycles. The van der Waals surface area contributed by atoms with Gasteiger partial charge in [-0.3, -0.25) is 9.59 Å². The molecule has 3 unspecified atom stereocenters. The molecule has 1 N–H and O–H groups in total. The summed E-state index contributed by atoms with van der Waals surface area (Å²) in [5, 5.41) is 3.65. The zero-order valence-corrected chi connectivity index (χ0v) is 16.1. The Hall–Kier alpha value is -1.66. The van der Waals surface area contributed by atoms with Gasteiger partial charge in [-0.1, -0.05) is 30.5 Å². The van der Waals surface area contributed by atoms with E-state index in [0.717, 1.165) is 6.42 Å². The lowest BCUT2D eigenvalue weighted by Gasteiger charge is -2.36. The van der Waals surface area contributed by atoms with Gasteiger partial charge in [-0.25, -0.2) is 4.39 Å². The Morgan fingerprint density at radius 3 is 2.48 bits per heavy atom. The van der Waals surface area contributed by atoms with Gasteiger partial charge in [0.05, 0.1) is 16.6 Å². The van der Waals surface area contributed by atoms with Gasteiger partial charge in [-0.2, -0.15) is 0 Å². The predicted octanol–water partition coefficient (Wildman–Crippen LogP) is 2.68. The third kappa shape index (κ3) is 3.69. The topological polar surface area (TPSA) is 52.7 Å². The zero-order valence-electron chi connectivity index (χ0n) is 15.3. The molecule has 1 saturated carbocycles. The molecule has 3 fully saturated rings. The van der Waals surface area contributed by atoms with Gasteiger partial charge in [0, 0.05) is 32.2 Å². The summed E-state index contributed by atoms with van der Waals surface area (Å²) in [5.74, 6) is -0.252. The molecule has 0 bridgehead atoms. The fourth-order valence-electron chi connectivity index (χ4n) is 4.72. The molecule has 4 rings (SSSR count). The van der Waals surface area contributed by atoms with E-state index in [-0.39, 0.29) is 22.5 Å². The minimum absolute atomic E-state index is 0.0829. The molecule has 2 amide bonds. The first kappa shape index (κ1) is 18.7. The third-order valence-corrected chi connectivity index (χ3v) is 6.53. The number of nitrogens with zero attached hydrogens (tertiary/aromatic N) is 2. The molecule has 1 aromatic rings. The van der Waals surface area contributed by atoms with E-state index in [4.69, 9.17) is 11.6 Å². The van der Waals surface area contributed by atoms with Crippen molar-refractivity contribution in [2.45, 2.75) is 44.2 Å². The highest BCUT2D eigenvalue weighted by Gasteiger charge is 2.40. The van der Waals surface area contributed by atoms with Crippen molar-refractivity contribution >= 4 is 23.4 Å². The van der Waals surface area contributed by atoms with Gasteiger partial charge in [0.15, 0.2) is 0 Å². The standard InChI is InChI=1S/C20H25ClFN3O2/c21-14-5-3-6-15(22)18(14)20(27)25-10-8-24(9-11-25)19(26)17-12-13-4-1-2-7-16(13)23-17/h3,5-6,13,16-17,23H,1-2,4,7-12H2. The van der Waals surface area contributed by atoms with Crippen molar-refractivity contribution in [3.63, 3.8) is 0 Å². The van der Waals surface area contributed by atoms with Crippen LogP contribution >= 0.6 is 11.6 Å². The van der Waals surface area contributed by atoms with E-state index in [1.54, 1.807) is 4.90 Å². The second-order valence-electron chi connectivity index (χ2n) is 7.82. The average molecular weight is 394 g/mol. The molecular weight excluding hydrogens is 369 g/mol. The van der Waals surface area contributed by atoms with Crippen molar-refractivity contribution in [2.75, 3.05) is 26.2 Å². The van der Waals surface area contributed by atoms with Gasteiger partial charge in [0.1, 0.15) is 5.82 Å². The predicted molar refractivity (Wildman–Crippen MR) is 101 cm³/mol. The van der Waals surface area contributed by atoms with Crippen molar-refractivity contribution in [2.24, 2.45) is 5.92 Å². The maximum atomic E-state index is 14.0. The largest absolute Gasteiger partial charge is 0.338 e. The van der Waals surface area contributed by atoms with Crippen LogP contribution in [0.25, 0.3) is 0 Å². The molecule has 1 aliphatic carbocycles. The number of piperazine rings is 1. The van der Waals surface area contributed by atoms with Crippen molar-refractivity contribution in [3.8, 4) is 0 Å². The molecule has 0 radical (unpaired) electrons. The van der Waals surface area contributed by atoms with Crippen LogP contribution < -0.4 is 5.32 Å². The minimum atomic E-state index is -0.608.